The summed E-state index contributed by atoms with van der Waals surface area (Å²) in [5.41, 5.74) is 2.22. The van der Waals surface area contributed by atoms with E-state index in [-0.39, 0.29) is 5.57 Å². The highest BCUT2D eigenvalue weighted by molar-refractivity contribution is 9.11. The maximum absolute atomic E-state index is 12.5. The number of halogens is 4. The minimum absolute atomic E-state index is 0.0171. The lowest BCUT2D eigenvalue weighted by Crippen LogP contribution is -2.13. The second kappa shape index (κ2) is 11.0. The predicted molar refractivity (Wildman–Crippen MR) is 134 cm³/mol. The molecule has 3 rings (SSSR count). The van der Waals surface area contributed by atoms with Crippen LogP contribution in [0.25, 0.3) is 6.08 Å². The normalized spacial score (nSPS) is 11.0. The third-order valence-corrected chi connectivity index (χ3v) is 6.05. The van der Waals surface area contributed by atoms with E-state index in [4.69, 9.17) is 16.3 Å². The van der Waals surface area contributed by atoms with Crippen LogP contribution in [0.1, 0.15) is 11.1 Å². The molecule has 0 heterocycles. The molecule has 0 aromatic heterocycles. The molecular formula is C23H14Br3ClN2O2. The Bertz CT molecular complexity index is 1150. The SMILES string of the molecule is N#C/C(=C/c1cc(Br)c(OCc2ccc(Cl)cc2)c(Br)c1)C(=O)Nc1ccc(Br)cc1. The zero-order valence-corrected chi connectivity index (χ0v) is 21.3. The summed E-state index contributed by atoms with van der Waals surface area (Å²) in [6.07, 6.45) is 1.52. The highest BCUT2D eigenvalue weighted by Crippen LogP contribution is 2.36. The Morgan fingerprint density at radius 3 is 2.23 bits per heavy atom. The number of carbonyl (C=O) groups excluding carboxylic acids is 1. The Morgan fingerprint density at radius 1 is 1.03 bits per heavy atom. The molecule has 0 saturated heterocycles. The van der Waals surface area contributed by atoms with Crippen molar-refractivity contribution < 1.29 is 9.53 Å². The van der Waals surface area contributed by atoms with Gasteiger partial charge in [-0.3, -0.25) is 4.79 Å². The summed E-state index contributed by atoms with van der Waals surface area (Å²) < 4.78 is 8.18. The van der Waals surface area contributed by atoms with Crippen LogP contribution in [0.5, 0.6) is 5.75 Å². The first-order valence-corrected chi connectivity index (χ1v) is 11.7. The molecule has 1 amide bonds. The number of nitriles is 1. The van der Waals surface area contributed by atoms with Crippen molar-refractivity contribution in [2.75, 3.05) is 5.32 Å². The molecule has 156 valence electrons. The molecule has 0 bridgehead atoms. The van der Waals surface area contributed by atoms with E-state index in [2.05, 4.69) is 53.1 Å². The van der Waals surface area contributed by atoms with Gasteiger partial charge in [0.05, 0.1) is 8.95 Å². The number of hydrogen-bond acceptors (Lipinski definition) is 3. The van der Waals surface area contributed by atoms with Crippen LogP contribution >= 0.6 is 59.4 Å². The van der Waals surface area contributed by atoms with Crippen LogP contribution in [0.2, 0.25) is 5.02 Å². The zero-order chi connectivity index (χ0) is 22.4. The first-order valence-electron chi connectivity index (χ1n) is 8.90. The second-order valence-electron chi connectivity index (χ2n) is 6.36. The van der Waals surface area contributed by atoms with E-state index in [0.717, 1.165) is 10.0 Å². The van der Waals surface area contributed by atoms with Gasteiger partial charge in [-0.15, -0.1) is 0 Å². The number of benzene rings is 3. The van der Waals surface area contributed by atoms with Crippen molar-refractivity contribution in [2.45, 2.75) is 6.61 Å². The number of amides is 1. The number of hydrogen-bond donors (Lipinski definition) is 1. The fraction of sp³-hybridized carbons (Fsp3) is 0.0435. The maximum atomic E-state index is 12.5. The van der Waals surface area contributed by atoms with Crippen LogP contribution in [0.3, 0.4) is 0 Å². The van der Waals surface area contributed by atoms with Gasteiger partial charge in [0.15, 0.2) is 0 Å². The second-order valence-corrected chi connectivity index (χ2v) is 9.42. The van der Waals surface area contributed by atoms with E-state index in [9.17, 15) is 10.1 Å². The number of anilines is 1. The first kappa shape index (κ1) is 23.6. The summed E-state index contributed by atoms with van der Waals surface area (Å²) in [7, 11) is 0. The molecular weight excluding hydrogens is 611 g/mol. The van der Waals surface area contributed by atoms with E-state index >= 15 is 0 Å². The highest BCUT2D eigenvalue weighted by atomic mass is 79.9. The summed E-state index contributed by atoms with van der Waals surface area (Å²) in [6.45, 7) is 0.364. The topological polar surface area (TPSA) is 62.1 Å². The van der Waals surface area contributed by atoms with Gasteiger partial charge in [-0.05, 0) is 97.6 Å². The molecule has 0 aliphatic rings. The lowest BCUT2D eigenvalue weighted by molar-refractivity contribution is -0.112. The van der Waals surface area contributed by atoms with Crippen molar-refractivity contribution in [3.63, 3.8) is 0 Å². The van der Waals surface area contributed by atoms with Gasteiger partial charge in [-0.1, -0.05) is 39.7 Å². The average molecular weight is 626 g/mol. The fourth-order valence-corrected chi connectivity index (χ4v) is 4.42. The highest BCUT2D eigenvalue weighted by Gasteiger charge is 2.13. The van der Waals surface area contributed by atoms with Gasteiger partial charge in [0.25, 0.3) is 5.91 Å². The van der Waals surface area contributed by atoms with Crippen molar-refractivity contribution in [1.29, 1.82) is 5.26 Å². The monoisotopic (exact) mass is 622 g/mol. The predicted octanol–water partition coefficient (Wildman–Crippen LogP) is 7.75. The molecule has 3 aromatic carbocycles. The van der Waals surface area contributed by atoms with Crippen molar-refractivity contribution >= 4 is 77.1 Å². The molecule has 4 nitrogen and oxygen atoms in total. The molecule has 0 aliphatic carbocycles. The van der Waals surface area contributed by atoms with Gasteiger partial charge in [0.2, 0.25) is 0 Å². The summed E-state index contributed by atoms with van der Waals surface area (Å²) in [5, 5.41) is 12.8. The number of nitrogens with zero attached hydrogens (tertiary/aromatic N) is 1. The Morgan fingerprint density at radius 2 is 1.65 bits per heavy atom. The average Bonchev–Trinajstić information content (AvgIpc) is 2.74. The third kappa shape index (κ3) is 6.68. The number of nitrogens with one attached hydrogen (secondary N) is 1. The van der Waals surface area contributed by atoms with Crippen LogP contribution in [0.4, 0.5) is 5.69 Å². The lowest BCUT2D eigenvalue weighted by atomic mass is 10.1. The summed E-state index contributed by atoms with van der Waals surface area (Å²) >= 11 is 16.3. The molecule has 0 atom stereocenters. The van der Waals surface area contributed by atoms with Gasteiger partial charge in [-0.2, -0.15) is 5.26 Å². The molecule has 0 saturated carbocycles. The molecule has 1 N–H and O–H groups in total. The Hall–Kier alpha value is -2.11. The van der Waals surface area contributed by atoms with Crippen LogP contribution in [0.15, 0.2) is 79.7 Å². The third-order valence-electron chi connectivity index (χ3n) is 4.10. The molecule has 3 aromatic rings. The first-order chi connectivity index (χ1) is 14.9. The molecule has 0 aliphatic heterocycles. The quantitative estimate of drug-likeness (QED) is 0.225. The van der Waals surface area contributed by atoms with Crippen LogP contribution in [-0.2, 0) is 11.4 Å². The van der Waals surface area contributed by atoms with Gasteiger partial charge in [-0.25, -0.2) is 0 Å². The van der Waals surface area contributed by atoms with Crippen LogP contribution in [-0.4, -0.2) is 5.91 Å². The van der Waals surface area contributed by atoms with Crippen molar-refractivity contribution in [3.05, 3.63) is 95.8 Å². The molecule has 0 unspecified atom stereocenters. The van der Waals surface area contributed by atoms with E-state index in [0.29, 0.717) is 37.6 Å². The molecule has 31 heavy (non-hydrogen) atoms. The Labute approximate surface area is 210 Å². The molecule has 0 spiro atoms. The van der Waals surface area contributed by atoms with Crippen molar-refractivity contribution in [1.82, 2.24) is 0 Å². The smallest absolute Gasteiger partial charge is 0.266 e. The molecule has 8 heteroatoms. The molecule has 0 radical (unpaired) electrons. The van der Waals surface area contributed by atoms with E-state index in [1.807, 2.05) is 30.3 Å². The maximum Gasteiger partial charge on any atom is 0.266 e. The van der Waals surface area contributed by atoms with Gasteiger partial charge in [0.1, 0.15) is 24.0 Å². The Balaban J connectivity index is 1.76. The number of ether oxygens (including phenoxy) is 1. The van der Waals surface area contributed by atoms with Gasteiger partial charge >= 0.3 is 0 Å². The molecule has 0 fully saturated rings. The van der Waals surface area contributed by atoms with Gasteiger partial charge in [0, 0.05) is 15.2 Å². The largest absolute Gasteiger partial charge is 0.487 e. The number of carbonyl (C=O) groups is 1. The van der Waals surface area contributed by atoms with E-state index in [1.54, 1.807) is 36.4 Å². The van der Waals surface area contributed by atoms with Crippen molar-refractivity contribution in [2.24, 2.45) is 0 Å². The zero-order valence-electron chi connectivity index (χ0n) is 15.8. The van der Waals surface area contributed by atoms with Crippen LogP contribution < -0.4 is 10.1 Å². The van der Waals surface area contributed by atoms with Crippen molar-refractivity contribution in [3.8, 4) is 11.8 Å². The standard InChI is InChI=1S/C23H14Br3ClN2O2/c24-17-3-7-19(8-4-17)29-23(30)16(12-28)9-15-10-20(25)22(21(26)11-15)31-13-14-1-5-18(27)6-2-14/h1-11H,13H2,(H,29,30)/b16-9-. The van der Waals surface area contributed by atoms with Crippen LogP contribution in [0, 0.1) is 11.3 Å². The summed E-state index contributed by atoms with van der Waals surface area (Å²) in [4.78, 5) is 12.5. The fourth-order valence-electron chi connectivity index (χ4n) is 2.58. The van der Waals surface area contributed by atoms with E-state index < -0.39 is 5.91 Å². The summed E-state index contributed by atoms with van der Waals surface area (Å²) in [6, 6.07) is 20.0. The summed E-state index contributed by atoms with van der Waals surface area (Å²) in [5.74, 6) is 0.130. The number of rotatable bonds is 6. The lowest BCUT2D eigenvalue weighted by Gasteiger charge is -2.12. The van der Waals surface area contributed by atoms with Gasteiger partial charge < -0.3 is 10.1 Å². The minimum atomic E-state index is -0.486. The van der Waals surface area contributed by atoms with E-state index in [1.165, 1.54) is 6.08 Å². The minimum Gasteiger partial charge on any atom is -0.487 e. The Kier molecular flexibility index (Phi) is 8.33.